The lowest BCUT2D eigenvalue weighted by molar-refractivity contribution is 0.292. The van der Waals surface area contributed by atoms with Gasteiger partial charge in [-0.15, -0.1) is 0 Å². The lowest BCUT2D eigenvalue weighted by Crippen LogP contribution is -1.97. The first kappa shape index (κ1) is 20.6. The number of aromatic hydroxyl groups is 1. The van der Waals surface area contributed by atoms with Crippen molar-refractivity contribution in [3.05, 3.63) is 48.4 Å². The Hall–Kier alpha value is -2.15. The highest BCUT2D eigenvalue weighted by molar-refractivity contribution is 8.55. The van der Waals surface area contributed by atoms with Crippen molar-refractivity contribution in [1.29, 1.82) is 0 Å². The zero-order valence-corrected chi connectivity index (χ0v) is 17.2. The van der Waals surface area contributed by atoms with E-state index in [4.69, 9.17) is 9.05 Å². The molecule has 1 unspecified atom stereocenters. The molecule has 0 radical (unpaired) electrons. The highest BCUT2D eigenvalue weighted by Gasteiger charge is 2.27. The molecule has 1 N–H and O–H groups in total. The zero-order valence-electron chi connectivity index (χ0n) is 15.5. The van der Waals surface area contributed by atoms with Crippen LogP contribution in [0.25, 0.3) is 22.3 Å². The monoisotopic (exact) mass is 422 g/mol. The average Bonchev–Trinajstić information content (AvgIpc) is 2.68. The second kappa shape index (κ2) is 8.90. The van der Waals surface area contributed by atoms with Crippen LogP contribution in [-0.2, 0) is 9.09 Å². The van der Waals surface area contributed by atoms with Crippen LogP contribution in [0, 0.1) is 5.82 Å². The van der Waals surface area contributed by atoms with Crippen LogP contribution < -0.4 is 4.52 Å². The molecule has 148 valence electrons. The van der Waals surface area contributed by atoms with Crippen molar-refractivity contribution >= 4 is 29.2 Å². The first-order chi connectivity index (χ1) is 13.4. The molecule has 1 heterocycles. The van der Waals surface area contributed by atoms with Gasteiger partial charge in [0.05, 0.1) is 29.5 Å². The van der Waals surface area contributed by atoms with E-state index in [0.29, 0.717) is 28.0 Å². The molecule has 0 aliphatic carbocycles. The molecule has 3 rings (SSSR count). The summed E-state index contributed by atoms with van der Waals surface area (Å²) in [6.45, 7) is 0.519. The Morgan fingerprint density at radius 2 is 2.00 bits per heavy atom. The Morgan fingerprint density at radius 3 is 2.71 bits per heavy atom. The maximum Gasteiger partial charge on any atom is 0.440 e. The van der Waals surface area contributed by atoms with Gasteiger partial charge >= 0.3 is 6.80 Å². The maximum atomic E-state index is 13.3. The second-order valence-electron chi connectivity index (χ2n) is 5.86. The van der Waals surface area contributed by atoms with Crippen LogP contribution in [0.1, 0.15) is 20.3 Å². The van der Waals surface area contributed by atoms with Gasteiger partial charge in [-0.25, -0.2) is 13.9 Å². The molecular weight excluding hydrogens is 402 g/mol. The molecule has 0 aliphatic rings. The number of phenols is 1. The highest BCUT2D eigenvalue weighted by atomic mass is 32.7. The van der Waals surface area contributed by atoms with Gasteiger partial charge in [-0.05, 0) is 55.1 Å². The lowest BCUT2D eigenvalue weighted by atomic mass is 10.1. The third kappa shape index (κ3) is 4.82. The molecule has 0 saturated carbocycles. The number of hydrogen-bond acceptors (Lipinski definition) is 7. The minimum absolute atomic E-state index is 0.0694. The highest BCUT2D eigenvalue weighted by Crippen LogP contribution is 2.61. The Labute approximate surface area is 166 Å². The first-order valence-corrected chi connectivity index (χ1v) is 11.9. The molecule has 1 aromatic heterocycles. The van der Waals surface area contributed by atoms with E-state index in [-0.39, 0.29) is 23.9 Å². The molecule has 0 spiro atoms. The van der Waals surface area contributed by atoms with Crippen molar-refractivity contribution in [2.75, 3.05) is 12.4 Å². The summed E-state index contributed by atoms with van der Waals surface area (Å²) in [5, 5.41) is 10.4. The van der Waals surface area contributed by atoms with Crippen LogP contribution in [-0.4, -0.2) is 27.4 Å². The molecule has 2 aromatic carbocycles. The molecule has 9 heteroatoms. The zero-order chi connectivity index (χ0) is 20.1. The summed E-state index contributed by atoms with van der Waals surface area (Å²) in [4.78, 5) is 8.64. The third-order valence-electron chi connectivity index (χ3n) is 3.71. The van der Waals surface area contributed by atoms with E-state index in [1.54, 1.807) is 19.1 Å². The summed E-state index contributed by atoms with van der Waals surface area (Å²) in [5.41, 5.74) is 2.08. The number of hydrogen-bond donors (Lipinski definition) is 1. The van der Waals surface area contributed by atoms with Gasteiger partial charge < -0.3 is 9.63 Å². The van der Waals surface area contributed by atoms with Crippen LogP contribution in [0.5, 0.6) is 11.5 Å². The molecule has 6 nitrogen and oxygen atoms in total. The molecular formula is C19H20FN2O4PS. The molecule has 0 amide bonds. The number of nitrogens with zero attached hydrogens (tertiary/aromatic N) is 2. The van der Waals surface area contributed by atoms with Crippen molar-refractivity contribution in [2.45, 2.75) is 20.3 Å². The molecule has 0 saturated heterocycles. The predicted octanol–water partition coefficient (Wildman–Crippen LogP) is 5.81. The summed E-state index contributed by atoms with van der Waals surface area (Å²) in [5.74, 6) is 0.118. The standard InChI is InChI=1S/C19H20FN2O4PS/c1-3-9-28-27(24,25-4-2)26-19-8-5-13(10-18(19)23)17-12-21-16-11-14(20)6-7-15(16)22-17/h5-8,10-12,23H,3-4,9H2,1-2H3. The van der Waals surface area contributed by atoms with Crippen LogP contribution >= 0.6 is 18.2 Å². The Morgan fingerprint density at radius 1 is 1.18 bits per heavy atom. The molecule has 28 heavy (non-hydrogen) atoms. The summed E-state index contributed by atoms with van der Waals surface area (Å²) in [6, 6.07) is 8.81. The number of rotatable bonds is 8. The summed E-state index contributed by atoms with van der Waals surface area (Å²) >= 11 is 1.10. The number of aromatic nitrogens is 2. The minimum Gasteiger partial charge on any atom is -0.504 e. The fourth-order valence-electron chi connectivity index (χ4n) is 2.45. The Bertz CT molecular complexity index is 1030. The van der Waals surface area contributed by atoms with Crippen molar-refractivity contribution in [2.24, 2.45) is 0 Å². The van der Waals surface area contributed by atoms with E-state index in [2.05, 4.69) is 9.97 Å². The number of benzene rings is 2. The summed E-state index contributed by atoms with van der Waals surface area (Å²) in [7, 11) is 0. The SMILES string of the molecule is CCCSP(=O)(OCC)Oc1ccc(-c2cnc3cc(F)ccc3n2)cc1O. The van der Waals surface area contributed by atoms with E-state index < -0.39 is 6.80 Å². The Balaban J connectivity index is 1.87. The van der Waals surface area contributed by atoms with E-state index in [9.17, 15) is 14.1 Å². The lowest BCUT2D eigenvalue weighted by Gasteiger charge is -2.18. The van der Waals surface area contributed by atoms with E-state index in [1.807, 2.05) is 6.92 Å². The van der Waals surface area contributed by atoms with Crippen molar-refractivity contribution < 1.29 is 23.1 Å². The minimum atomic E-state index is -3.42. The van der Waals surface area contributed by atoms with Crippen LogP contribution in [0.15, 0.2) is 42.6 Å². The second-order valence-corrected chi connectivity index (χ2v) is 9.98. The summed E-state index contributed by atoms with van der Waals surface area (Å²) in [6.07, 6.45) is 2.32. The quantitative estimate of drug-likeness (QED) is 0.459. The van der Waals surface area contributed by atoms with Crippen molar-refractivity contribution in [3.63, 3.8) is 0 Å². The smallest absolute Gasteiger partial charge is 0.440 e. The van der Waals surface area contributed by atoms with E-state index in [0.717, 1.165) is 17.8 Å². The molecule has 0 fully saturated rings. The fraction of sp³-hybridized carbons (Fsp3) is 0.263. The topological polar surface area (TPSA) is 81.5 Å². The van der Waals surface area contributed by atoms with Crippen LogP contribution in [0.3, 0.4) is 0 Å². The molecule has 0 bridgehead atoms. The van der Waals surface area contributed by atoms with Gasteiger partial charge in [0.2, 0.25) is 0 Å². The first-order valence-electron chi connectivity index (χ1n) is 8.78. The van der Waals surface area contributed by atoms with Crippen molar-refractivity contribution in [3.8, 4) is 22.8 Å². The van der Waals surface area contributed by atoms with Gasteiger partial charge in [-0.1, -0.05) is 6.92 Å². The van der Waals surface area contributed by atoms with Crippen LogP contribution in [0.4, 0.5) is 4.39 Å². The Kier molecular flexibility index (Phi) is 6.54. The van der Waals surface area contributed by atoms with Crippen LogP contribution in [0.2, 0.25) is 0 Å². The maximum absolute atomic E-state index is 13.3. The number of phenolic OH excluding ortho intramolecular Hbond substituents is 1. The van der Waals surface area contributed by atoms with E-state index in [1.165, 1.54) is 30.5 Å². The van der Waals surface area contributed by atoms with Gasteiger partial charge in [0.1, 0.15) is 5.82 Å². The molecule has 0 aliphatic heterocycles. The fourth-order valence-corrected chi connectivity index (χ4v) is 5.90. The number of fused-ring (bicyclic) bond motifs is 1. The van der Waals surface area contributed by atoms with Gasteiger partial charge in [0.15, 0.2) is 11.5 Å². The van der Waals surface area contributed by atoms with Gasteiger partial charge in [-0.3, -0.25) is 9.51 Å². The van der Waals surface area contributed by atoms with Crippen molar-refractivity contribution in [1.82, 2.24) is 9.97 Å². The van der Waals surface area contributed by atoms with Gasteiger partial charge in [0.25, 0.3) is 0 Å². The predicted molar refractivity (Wildman–Crippen MR) is 109 cm³/mol. The normalized spacial score (nSPS) is 13.4. The van der Waals surface area contributed by atoms with Gasteiger partial charge in [-0.2, -0.15) is 0 Å². The third-order valence-corrected chi connectivity index (χ3v) is 7.65. The summed E-state index contributed by atoms with van der Waals surface area (Å²) < 4.78 is 36.9. The van der Waals surface area contributed by atoms with Gasteiger partial charge in [0, 0.05) is 17.4 Å². The largest absolute Gasteiger partial charge is 0.504 e. The number of halogens is 1. The molecule has 3 aromatic rings. The average molecular weight is 422 g/mol. The molecule has 1 atom stereocenters. The van der Waals surface area contributed by atoms with E-state index >= 15 is 0 Å².